The second kappa shape index (κ2) is 5.65. The lowest BCUT2D eigenvalue weighted by atomic mass is 9.99. The molecule has 0 bridgehead atoms. The van der Waals surface area contributed by atoms with Crippen LogP contribution < -0.4 is 11.5 Å². The number of aromatic nitrogens is 1. The Morgan fingerprint density at radius 2 is 1.86 bits per heavy atom. The van der Waals surface area contributed by atoms with Gasteiger partial charge in [-0.25, -0.2) is 0 Å². The predicted molar refractivity (Wildman–Crippen MR) is 87.3 cm³/mol. The van der Waals surface area contributed by atoms with Gasteiger partial charge in [-0.2, -0.15) is 4.99 Å². The molecule has 0 saturated heterocycles. The first-order chi connectivity index (χ1) is 10.6. The minimum Gasteiger partial charge on any atom is -0.370 e. The summed E-state index contributed by atoms with van der Waals surface area (Å²) >= 11 is 0. The highest BCUT2D eigenvalue weighted by atomic mass is 16.1. The second-order valence-electron chi connectivity index (χ2n) is 4.80. The molecule has 5 nitrogen and oxygen atoms in total. The number of carbonyl (C=O) groups excluding carboxylic acids is 1. The molecule has 22 heavy (non-hydrogen) atoms. The zero-order valence-corrected chi connectivity index (χ0v) is 11.7. The van der Waals surface area contributed by atoms with Gasteiger partial charge in [-0.1, -0.05) is 30.3 Å². The number of carbonyl (C=O) groups is 1. The Balaban J connectivity index is 2.19. The third-order valence-electron chi connectivity index (χ3n) is 3.30. The fourth-order valence-corrected chi connectivity index (χ4v) is 2.33. The van der Waals surface area contributed by atoms with Gasteiger partial charge >= 0.3 is 0 Å². The van der Waals surface area contributed by atoms with Crippen molar-refractivity contribution in [2.24, 2.45) is 16.5 Å². The number of fused-ring (bicyclic) bond motifs is 1. The summed E-state index contributed by atoms with van der Waals surface area (Å²) in [6, 6.07) is 17.0. The zero-order valence-electron chi connectivity index (χ0n) is 11.7. The number of nitrogens with zero attached hydrogens (tertiary/aromatic N) is 2. The number of guanidine groups is 1. The summed E-state index contributed by atoms with van der Waals surface area (Å²) in [4.78, 5) is 19.9. The van der Waals surface area contributed by atoms with Gasteiger partial charge in [0.15, 0.2) is 5.96 Å². The van der Waals surface area contributed by atoms with Gasteiger partial charge in [0.05, 0.1) is 5.69 Å². The highest BCUT2D eigenvalue weighted by molar-refractivity contribution is 6.06. The normalized spacial score (nSPS) is 10.4. The monoisotopic (exact) mass is 290 g/mol. The lowest BCUT2D eigenvalue weighted by Crippen LogP contribution is -2.24. The largest absolute Gasteiger partial charge is 0.370 e. The van der Waals surface area contributed by atoms with Crippen LogP contribution in [0.2, 0.25) is 0 Å². The molecule has 0 spiro atoms. The van der Waals surface area contributed by atoms with Crippen LogP contribution in [0.1, 0.15) is 10.4 Å². The Bertz CT molecular complexity index is 868. The van der Waals surface area contributed by atoms with E-state index in [1.54, 1.807) is 18.3 Å². The summed E-state index contributed by atoms with van der Waals surface area (Å²) in [5, 5.41) is 1.95. The molecule has 0 unspecified atom stereocenters. The van der Waals surface area contributed by atoms with Gasteiger partial charge in [0.2, 0.25) is 0 Å². The van der Waals surface area contributed by atoms with E-state index in [4.69, 9.17) is 11.5 Å². The summed E-state index contributed by atoms with van der Waals surface area (Å²) in [5.41, 5.74) is 12.8. The van der Waals surface area contributed by atoms with Crippen molar-refractivity contribution in [3.8, 4) is 11.3 Å². The summed E-state index contributed by atoms with van der Waals surface area (Å²) < 4.78 is 0. The van der Waals surface area contributed by atoms with Gasteiger partial charge in [-0.15, -0.1) is 0 Å². The molecule has 5 heteroatoms. The number of aliphatic imine (C=N–C) groups is 1. The molecule has 0 saturated carbocycles. The zero-order chi connectivity index (χ0) is 15.5. The number of pyridine rings is 1. The number of benzene rings is 2. The van der Waals surface area contributed by atoms with Crippen LogP contribution in [-0.4, -0.2) is 16.9 Å². The smallest absolute Gasteiger partial charge is 0.280 e. The lowest BCUT2D eigenvalue weighted by Gasteiger charge is -2.07. The van der Waals surface area contributed by atoms with Gasteiger partial charge in [-0.3, -0.25) is 9.78 Å². The number of nitrogens with two attached hydrogens (primary N) is 2. The number of hydrogen-bond donors (Lipinski definition) is 2. The van der Waals surface area contributed by atoms with Crippen molar-refractivity contribution in [3.63, 3.8) is 0 Å². The highest BCUT2D eigenvalue weighted by Gasteiger charge is 2.09. The maximum absolute atomic E-state index is 12.0. The molecule has 0 aliphatic heterocycles. The van der Waals surface area contributed by atoms with E-state index in [2.05, 4.69) is 9.98 Å². The Kier molecular flexibility index (Phi) is 3.53. The van der Waals surface area contributed by atoms with Crippen molar-refractivity contribution in [1.29, 1.82) is 0 Å². The van der Waals surface area contributed by atoms with E-state index < -0.39 is 5.91 Å². The third kappa shape index (κ3) is 2.64. The van der Waals surface area contributed by atoms with Gasteiger partial charge in [0.1, 0.15) is 0 Å². The molecule has 0 atom stereocenters. The summed E-state index contributed by atoms with van der Waals surface area (Å²) in [7, 11) is 0. The second-order valence-corrected chi connectivity index (χ2v) is 4.80. The average molecular weight is 290 g/mol. The molecule has 3 rings (SSSR count). The Morgan fingerprint density at radius 3 is 2.59 bits per heavy atom. The van der Waals surface area contributed by atoms with E-state index in [0.29, 0.717) is 5.56 Å². The number of rotatable bonds is 2. The summed E-state index contributed by atoms with van der Waals surface area (Å²) in [6.45, 7) is 0. The molecule has 1 amide bonds. The molecule has 0 aliphatic rings. The van der Waals surface area contributed by atoms with Crippen molar-refractivity contribution in [3.05, 3.63) is 66.4 Å². The Morgan fingerprint density at radius 1 is 1.00 bits per heavy atom. The van der Waals surface area contributed by atoms with Crippen LogP contribution >= 0.6 is 0 Å². The van der Waals surface area contributed by atoms with Crippen LogP contribution in [0.5, 0.6) is 0 Å². The lowest BCUT2D eigenvalue weighted by molar-refractivity contribution is 0.100. The first-order valence-electron chi connectivity index (χ1n) is 6.73. The predicted octanol–water partition coefficient (Wildman–Crippen LogP) is 2.32. The van der Waals surface area contributed by atoms with Crippen LogP contribution in [0.4, 0.5) is 0 Å². The van der Waals surface area contributed by atoms with Crippen LogP contribution in [0.3, 0.4) is 0 Å². The molecule has 1 heterocycles. The molecule has 0 fully saturated rings. The van der Waals surface area contributed by atoms with Gasteiger partial charge in [0.25, 0.3) is 5.91 Å². The number of amides is 1. The van der Waals surface area contributed by atoms with E-state index in [9.17, 15) is 4.79 Å². The molecule has 4 N–H and O–H groups in total. The van der Waals surface area contributed by atoms with Crippen LogP contribution in [0, 0.1) is 0 Å². The maximum Gasteiger partial charge on any atom is 0.280 e. The van der Waals surface area contributed by atoms with Crippen molar-refractivity contribution >= 4 is 22.6 Å². The van der Waals surface area contributed by atoms with E-state index in [1.807, 2.05) is 42.5 Å². The van der Waals surface area contributed by atoms with Crippen LogP contribution in [-0.2, 0) is 0 Å². The van der Waals surface area contributed by atoms with Gasteiger partial charge in [-0.05, 0) is 35.0 Å². The minimum absolute atomic E-state index is 0.247. The average Bonchev–Trinajstić information content (AvgIpc) is 2.54. The van der Waals surface area contributed by atoms with Crippen LogP contribution in [0.25, 0.3) is 22.0 Å². The maximum atomic E-state index is 12.0. The first-order valence-corrected chi connectivity index (χ1v) is 6.73. The fourth-order valence-electron chi connectivity index (χ4n) is 2.33. The summed E-state index contributed by atoms with van der Waals surface area (Å²) in [6.07, 6.45) is 1.74. The number of hydrogen-bond acceptors (Lipinski definition) is 2. The minimum atomic E-state index is -0.460. The Hall–Kier alpha value is -3.21. The molecular formula is C17H14N4O. The standard InChI is InChI=1S/C17H14N4O/c18-17(19)21-16(22)12-8-7-11-4-3-5-13(14(11)10-12)15-6-1-2-9-20-15/h1-10H,(H4,18,19,21,22). The topological polar surface area (TPSA) is 94.4 Å². The third-order valence-corrected chi connectivity index (χ3v) is 3.30. The molecule has 1 aromatic heterocycles. The molecule has 0 radical (unpaired) electrons. The molecular weight excluding hydrogens is 276 g/mol. The Labute approximate surface area is 127 Å². The van der Waals surface area contributed by atoms with Crippen molar-refractivity contribution in [1.82, 2.24) is 4.98 Å². The summed E-state index contributed by atoms with van der Waals surface area (Å²) in [5.74, 6) is -0.708. The fraction of sp³-hybridized carbons (Fsp3) is 0. The van der Waals surface area contributed by atoms with Gasteiger partial charge in [0, 0.05) is 17.3 Å². The van der Waals surface area contributed by atoms with Crippen molar-refractivity contribution < 1.29 is 4.79 Å². The molecule has 3 aromatic rings. The first kappa shape index (κ1) is 13.8. The highest BCUT2D eigenvalue weighted by Crippen LogP contribution is 2.28. The quantitative estimate of drug-likeness (QED) is 0.559. The van der Waals surface area contributed by atoms with E-state index in [1.165, 1.54) is 0 Å². The van der Waals surface area contributed by atoms with Crippen molar-refractivity contribution in [2.45, 2.75) is 0 Å². The molecule has 0 aliphatic carbocycles. The van der Waals surface area contributed by atoms with E-state index in [0.717, 1.165) is 22.0 Å². The van der Waals surface area contributed by atoms with Crippen molar-refractivity contribution in [2.75, 3.05) is 0 Å². The van der Waals surface area contributed by atoms with E-state index >= 15 is 0 Å². The molecule has 2 aromatic carbocycles. The van der Waals surface area contributed by atoms with Gasteiger partial charge < -0.3 is 11.5 Å². The molecule has 108 valence electrons. The van der Waals surface area contributed by atoms with E-state index in [-0.39, 0.29) is 5.96 Å². The van der Waals surface area contributed by atoms with Crippen LogP contribution in [0.15, 0.2) is 65.8 Å². The SMILES string of the molecule is NC(N)=NC(=O)c1ccc2cccc(-c3ccccn3)c2c1.